The Balaban J connectivity index is 2.02. The third-order valence-electron chi connectivity index (χ3n) is 5.05. The van der Waals surface area contributed by atoms with Gasteiger partial charge in [0.15, 0.2) is 0 Å². The van der Waals surface area contributed by atoms with Gasteiger partial charge >= 0.3 is 0 Å². The fourth-order valence-corrected chi connectivity index (χ4v) is 4.21. The topological polar surface area (TPSA) is 47.6 Å². The van der Waals surface area contributed by atoms with Crippen molar-refractivity contribution in [2.24, 2.45) is 0 Å². The maximum atomic E-state index is 11.3. The van der Waals surface area contributed by atoms with Crippen LogP contribution in [0.5, 0.6) is 11.5 Å². The van der Waals surface area contributed by atoms with E-state index < -0.39 is 0 Å². The van der Waals surface area contributed by atoms with Crippen LogP contribution in [0.4, 0.5) is 5.69 Å². The Morgan fingerprint density at radius 2 is 2.04 bits per heavy atom. The van der Waals surface area contributed by atoms with E-state index in [1.165, 1.54) is 5.57 Å². The van der Waals surface area contributed by atoms with Crippen molar-refractivity contribution in [2.45, 2.75) is 38.8 Å². The molecular weight excluding hydrogens is 326 g/mol. The predicted octanol–water partition coefficient (Wildman–Crippen LogP) is 4.99. The van der Waals surface area contributed by atoms with Crippen molar-refractivity contribution >= 4 is 17.5 Å². The van der Waals surface area contributed by atoms with Crippen LogP contribution in [0.1, 0.15) is 44.4 Å². The summed E-state index contributed by atoms with van der Waals surface area (Å²) in [6.45, 7) is 6.42. The first-order chi connectivity index (χ1) is 12.4. The summed E-state index contributed by atoms with van der Waals surface area (Å²) >= 11 is 0. The average molecular weight is 349 g/mol. The highest BCUT2D eigenvalue weighted by Crippen LogP contribution is 2.52. The molecule has 4 nitrogen and oxygen atoms in total. The molecule has 0 spiro atoms. The van der Waals surface area contributed by atoms with Gasteiger partial charge in [0.25, 0.3) is 0 Å². The summed E-state index contributed by atoms with van der Waals surface area (Å²) in [6.07, 6.45) is 3.17. The van der Waals surface area contributed by atoms with Crippen molar-refractivity contribution in [3.8, 4) is 22.6 Å². The molecular formula is C22H23NO3. The van der Waals surface area contributed by atoms with Gasteiger partial charge in [-0.1, -0.05) is 18.2 Å². The summed E-state index contributed by atoms with van der Waals surface area (Å²) in [7, 11) is 1.67. The zero-order chi connectivity index (χ0) is 18.5. The van der Waals surface area contributed by atoms with Crippen molar-refractivity contribution in [2.75, 3.05) is 12.4 Å². The molecule has 0 bridgehead atoms. The zero-order valence-corrected chi connectivity index (χ0v) is 15.6. The van der Waals surface area contributed by atoms with Gasteiger partial charge in [0.05, 0.1) is 18.2 Å². The lowest BCUT2D eigenvalue weighted by atomic mass is 9.81. The summed E-state index contributed by atoms with van der Waals surface area (Å²) < 4.78 is 11.8. The summed E-state index contributed by atoms with van der Waals surface area (Å²) in [6, 6.07) is 10.0. The minimum absolute atomic E-state index is 0.114. The Hall–Kier alpha value is -2.75. The second-order valence-corrected chi connectivity index (χ2v) is 7.47. The van der Waals surface area contributed by atoms with Crippen LogP contribution in [0.25, 0.3) is 16.7 Å². The first-order valence-corrected chi connectivity index (χ1v) is 8.88. The fraction of sp³-hybridized carbons (Fsp3) is 0.318. The maximum Gasteiger partial charge on any atom is 0.132 e. The monoisotopic (exact) mass is 349 g/mol. The Kier molecular flexibility index (Phi) is 3.79. The van der Waals surface area contributed by atoms with Crippen LogP contribution in [0.3, 0.4) is 0 Å². The normalized spacial score (nSPS) is 19.1. The van der Waals surface area contributed by atoms with E-state index in [0.29, 0.717) is 6.42 Å². The predicted molar refractivity (Wildman–Crippen MR) is 104 cm³/mol. The Bertz CT molecular complexity index is 927. The molecule has 134 valence electrons. The second kappa shape index (κ2) is 5.90. The van der Waals surface area contributed by atoms with Crippen molar-refractivity contribution in [1.82, 2.24) is 0 Å². The minimum atomic E-state index is -0.302. The van der Waals surface area contributed by atoms with Crippen LogP contribution in [0.15, 0.2) is 36.4 Å². The number of aldehydes is 1. The number of rotatable bonds is 3. The molecule has 1 unspecified atom stereocenters. The highest BCUT2D eigenvalue weighted by atomic mass is 16.5. The third-order valence-corrected chi connectivity index (χ3v) is 5.05. The Morgan fingerprint density at radius 3 is 2.77 bits per heavy atom. The molecule has 2 aliphatic heterocycles. The Morgan fingerprint density at radius 1 is 1.23 bits per heavy atom. The van der Waals surface area contributed by atoms with Gasteiger partial charge in [0.1, 0.15) is 23.9 Å². The lowest BCUT2D eigenvalue weighted by Crippen LogP contribution is -2.32. The SMILES string of the molecule is COc1cccc2c1-c1ccc3c(c1C(CC=O)O2)C(C)=CC(C)(C)N3. The lowest BCUT2D eigenvalue weighted by molar-refractivity contribution is -0.109. The molecule has 1 atom stereocenters. The number of hydrogen-bond acceptors (Lipinski definition) is 4. The fourth-order valence-electron chi connectivity index (χ4n) is 4.21. The molecule has 4 rings (SSSR count). The summed E-state index contributed by atoms with van der Waals surface area (Å²) in [5.74, 6) is 1.54. The van der Waals surface area contributed by atoms with E-state index in [-0.39, 0.29) is 11.6 Å². The zero-order valence-electron chi connectivity index (χ0n) is 15.6. The summed E-state index contributed by atoms with van der Waals surface area (Å²) in [5, 5.41) is 3.58. The highest BCUT2D eigenvalue weighted by Gasteiger charge is 2.34. The molecule has 26 heavy (non-hydrogen) atoms. The third kappa shape index (κ3) is 2.48. The number of anilines is 1. The molecule has 0 aliphatic carbocycles. The first kappa shape index (κ1) is 16.7. The van der Waals surface area contributed by atoms with Crippen molar-refractivity contribution in [3.05, 3.63) is 47.5 Å². The van der Waals surface area contributed by atoms with Crippen LogP contribution in [-0.4, -0.2) is 18.9 Å². The molecule has 4 heteroatoms. The molecule has 2 heterocycles. The molecule has 2 aromatic carbocycles. The highest BCUT2D eigenvalue weighted by molar-refractivity contribution is 5.91. The smallest absolute Gasteiger partial charge is 0.132 e. The van der Waals surface area contributed by atoms with Crippen molar-refractivity contribution < 1.29 is 14.3 Å². The first-order valence-electron chi connectivity index (χ1n) is 8.88. The van der Waals surface area contributed by atoms with E-state index >= 15 is 0 Å². The number of carbonyl (C=O) groups is 1. The van der Waals surface area contributed by atoms with E-state index in [1.807, 2.05) is 18.2 Å². The van der Waals surface area contributed by atoms with Crippen LogP contribution < -0.4 is 14.8 Å². The average Bonchev–Trinajstić information content (AvgIpc) is 2.59. The van der Waals surface area contributed by atoms with Crippen LogP contribution >= 0.6 is 0 Å². The Labute approximate surface area is 153 Å². The molecule has 0 saturated heterocycles. The van der Waals surface area contributed by atoms with E-state index in [9.17, 15) is 4.79 Å². The summed E-state index contributed by atoms with van der Waals surface area (Å²) in [4.78, 5) is 11.3. The van der Waals surface area contributed by atoms with Gasteiger partial charge < -0.3 is 19.6 Å². The number of nitrogens with one attached hydrogen (secondary N) is 1. The van der Waals surface area contributed by atoms with E-state index in [2.05, 4.69) is 44.3 Å². The van der Waals surface area contributed by atoms with Gasteiger partial charge in [-0.25, -0.2) is 0 Å². The van der Waals surface area contributed by atoms with Gasteiger partial charge in [-0.2, -0.15) is 0 Å². The standard InChI is InChI=1S/C22H23NO3/c1-13-12-22(2,3)23-15-9-8-14-20-16(25-4)6-5-7-17(20)26-18(10-11-24)21(14)19(13)15/h5-9,11-12,18,23H,10H2,1-4H3. The van der Waals surface area contributed by atoms with E-state index in [1.54, 1.807) is 7.11 Å². The number of carbonyl (C=O) groups excluding carboxylic acids is 1. The molecule has 1 N–H and O–H groups in total. The number of hydrogen-bond donors (Lipinski definition) is 1. The lowest BCUT2D eigenvalue weighted by Gasteiger charge is -2.37. The van der Waals surface area contributed by atoms with Gasteiger partial charge in [-0.05, 0) is 50.1 Å². The molecule has 0 amide bonds. The second-order valence-electron chi connectivity index (χ2n) is 7.47. The molecule has 2 aromatic rings. The molecule has 0 radical (unpaired) electrons. The number of methoxy groups -OCH3 is 1. The van der Waals surface area contributed by atoms with E-state index in [0.717, 1.165) is 45.7 Å². The largest absolute Gasteiger partial charge is 0.496 e. The maximum absolute atomic E-state index is 11.3. The number of ether oxygens (including phenoxy) is 2. The van der Waals surface area contributed by atoms with Gasteiger partial charge in [-0.15, -0.1) is 0 Å². The van der Waals surface area contributed by atoms with Crippen molar-refractivity contribution in [3.63, 3.8) is 0 Å². The molecule has 0 saturated carbocycles. The van der Waals surface area contributed by atoms with Gasteiger partial charge in [0, 0.05) is 23.2 Å². The van der Waals surface area contributed by atoms with Crippen LogP contribution in [0.2, 0.25) is 0 Å². The van der Waals surface area contributed by atoms with E-state index in [4.69, 9.17) is 9.47 Å². The number of allylic oxidation sites excluding steroid dienone is 1. The number of fused-ring (bicyclic) bond motifs is 5. The number of benzene rings is 2. The minimum Gasteiger partial charge on any atom is -0.496 e. The van der Waals surface area contributed by atoms with Crippen LogP contribution in [-0.2, 0) is 4.79 Å². The quantitative estimate of drug-likeness (QED) is 0.793. The summed E-state index contributed by atoms with van der Waals surface area (Å²) in [5.41, 5.74) is 6.37. The van der Waals surface area contributed by atoms with Gasteiger partial charge in [0.2, 0.25) is 0 Å². The van der Waals surface area contributed by atoms with Crippen molar-refractivity contribution in [1.29, 1.82) is 0 Å². The van der Waals surface area contributed by atoms with Gasteiger partial charge in [-0.3, -0.25) is 0 Å². The molecule has 0 aromatic heterocycles. The van der Waals surface area contributed by atoms with Crippen LogP contribution in [0, 0.1) is 0 Å². The molecule has 2 aliphatic rings. The molecule has 0 fully saturated rings.